The zero-order valence-electron chi connectivity index (χ0n) is 10.4. The van der Waals surface area contributed by atoms with E-state index in [1.54, 1.807) is 10.8 Å². The van der Waals surface area contributed by atoms with Gasteiger partial charge < -0.3 is 10.3 Å². The minimum absolute atomic E-state index is 0.00486. The molecule has 0 spiro atoms. The number of anilines is 1. The van der Waals surface area contributed by atoms with Crippen LogP contribution in [0.3, 0.4) is 0 Å². The summed E-state index contributed by atoms with van der Waals surface area (Å²) in [4.78, 5) is 16.0. The third-order valence-electron chi connectivity index (χ3n) is 2.73. The van der Waals surface area contributed by atoms with Crippen LogP contribution in [0, 0.1) is 11.6 Å². The van der Waals surface area contributed by atoms with Gasteiger partial charge in [-0.3, -0.25) is 4.79 Å². The molecule has 0 bridgehead atoms. The van der Waals surface area contributed by atoms with Crippen LogP contribution in [0.15, 0.2) is 24.5 Å². The lowest BCUT2D eigenvalue weighted by Gasteiger charge is -2.08. The molecule has 0 saturated heterocycles. The van der Waals surface area contributed by atoms with E-state index in [4.69, 9.17) is 5.73 Å². The molecule has 1 aromatic carbocycles. The Labute approximate surface area is 108 Å². The first-order chi connectivity index (χ1) is 9.06. The van der Waals surface area contributed by atoms with Crippen molar-refractivity contribution in [2.45, 2.75) is 19.9 Å². The van der Waals surface area contributed by atoms with Crippen molar-refractivity contribution in [2.24, 2.45) is 0 Å². The van der Waals surface area contributed by atoms with E-state index >= 15 is 0 Å². The summed E-state index contributed by atoms with van der Waals surface area (Å²) in [6, 6.07) is 2.05. The minimum Gasteiger partial charge on any atom is -0.396 e. The summed E-state index contributed by atoms with van der Waals surface area (Å²) >= 11 is 0. The van der Waals surface area contributed by atoms with Crippen LogP contribution >= 0.6 is 0 Å². The third kappa shape index (κ3) is 2.33. The quantitative estimate of drug-likeness (QED) is 0.682. The van der Waals surface area contributed by atoms with E-state index in [0.29, 0.717) is 6.54 Å². The monoisotopic (exact) mass is 265 g/mol. The van der Waals surface area contributed by atoms with Gasteiger partial charge in [0.2, 0.25) is 5.78 Å². The number of nitrogens with zero attached hydrogens (tertiary/aromatic N) is 2. The third-order valence-corrected chi connectivity index (χ3v) is 2.73. The molecule has 1 aromatic heterocycles. The van der Waals surface area contributed by atoms with Gasteiger partial charge in [-0.15, -0.1) is 0 Å². The van der Waals surface area contributed by atoms with Gasteiger partial charge >= 0.3 is 0 Å². The van der Waals surface area contributed by atoms with Gasteiger partial charge in [0.25, 0.3) is 0 Å². The van der Waals surface area contributed by atoms with Crippen molar-refractivity contribution in [1.29, 1.82) is 0 Å². The van der Waals surface area contributed by atoms with Crippen LogP contribution in [0.1, 0.15) is 29.5 Å². The second-order valence-corrected chi connectivity index (χ2v) is 4.10. The Hall–Kier alpha value is -2.24. The Bertz CT molecular complexity index is 622. The fourth-order valence-electron chi connectivity index (χ4n) is 1.83. The van der Waals surface area contributed by atoms with Crippen LogP contribution in [0.25, 0.3) is 0 Å². The molecule has 19 heavy (non-hydrogen) atoms. The van der Waals surface area contributed by atoms with Gasteiger partial charge in [-0.25, -0.2) is 13.8 Å². The van der Waals surface area contributed by atoms with Crippen molar-refractivity contribution in [3.8, 4) is 0 Å². The van der Waals surface area contributed by atoms with Crippen LogP contribution in [0.4, 0.5) is 14.5 Å². The molecule has 0 saturated carbocycles. The summed E-state index contributed by atoms with van der Waals surface area (Å²) in [5.74, 6) is -2.79. The number of hydrogen-bond acceptors (Lipinski definition) is 3. The molecular weight excluding hydrogens is 252 g/mol. The molecule has 2 N–H and O–H groups in total. The lowest BCUT2D eigenvalue weighted by atomic mass is 10.1. The summed E-state index contributed by atoms with van der Waals surface area (Å²) in [5, 5.41) is 0. The van der Waals surface area contributed by atoms with Crippen LogP contribution in [-0.2, 0) is 6.54 Å². The van der Waals surface area contributed by atoms with Gasteiger partial charge in [-0.05, 0) is 18.6 Å². The first-order valence-corrected chi connectivity index (χ1v) is 5.85. The predicted octanol–water partition coefficient (Wildman–Crippen LogP) is 2.38. The molecule has 0 aliphatic heterocycles. The molecule has 4 nitrogen and oxygen atoms in total. The Morgan fingerprint density at radius 1 is 1.42 bits per heavy atom. The highest BCUT2D eigenvalue weighted by Crippen LogP contribution is 2.21. The number of ketones is 1. The van der Waals surface area contributed by atoms with E-state index in [1.165, 1.54) is 6.20 Å². The highest BCUT2D eigenvalue weighted by atomic mass is 19.1. The topological polar surface area (TPSA) is 60.9 Å². The normalized spacial score (nSPS) is 10.7. The van der Waals surface area contributed by atoms with Crippen molar-refractivity contribution in [2.75, 3.05) is 5.73 Å². The maximum atomic E-state index is 13.8. The largest absolute Gasteiger partial charge is 0.396 e. The van der Waals surface area contributed by atoms with E-state index in [1.807, 2.05) is 6.92 Å². The lowest BCUT2D eigenvalue weighted by Crippen LogP contribution is -2.15. The molecule has 1 heterocycles. The molecule has 0 atom stereocenters. The van der Waals surface area contributed by atoms with Gasteiger partial charge in [-0.2, -0.15) is 0 Å². The summed E-state index contributed by atoms with van der Waals surface area (Å²) in [5.41, 5.74) is 4.43. The molecule has 0 radical (unpaired) electrons. The van der Waals surface area contributed by atoms with Crippen molar-refractivity contribution in [3.63, 3.8) is 0 Å². The Morgan fingerprint density at radius 3 is 2.84 bits per heavy atom. The van der Waals surface area contributed by atoms with Gasteiger partial charge in [0.1, 0.15) is 5.82 Å². The first-order valence-electron chi connectivity index (χ1n) is 5.85. The molecule has 0 fully saturated rings. The zero-order valence-corrected chi connectivity index (χ0v) is 10.4. The average Bonchev–Trinajstić information content (AvgIpc) is 2.83. The summed E-state index contributed by atoms with van der Waals surface area (Å²) in [6.45, 7) is 2.47. The number of carbonyl (C=O) groups is 1. The smallest absolute Gasteiger partial charge is 0.234 e. The molecule has 0 aliphatic rings. The van der Waals surface area contributed by atoms with Crippen LogP contribution in [-0.4, -0.2) is 15.3 Å². The second-order valence-electron chi connectivity index (χ2n) is 4.10. The fourth-order valence-corrected chi connectivity index (χ4v) is 1.83. The molecule has 0 amide bonds. The molecule has 2 rings (SSSR count). The highest BCUT2D eigenvalue weighted by Gasteiger charge is 2.24. The number of hydrogen-bond donors (Lipinski definition) is 1. The number of nitrogens with two attached hydrogens (primary N) is 1. The Morgan fingerprint density at radius 2 is 2.16 bits per heavy atom. The highest BCUT2D eigenvalue weighted by molar-refractivity contribution is 6.07. The number of rotatable bonds is 4. The van der Waals surface area contributed by atoms with Crippen LogP contribution in [0.2, 0.25) is 0 Å². The van der Waals surface area contributed by atoms with Crippen molar-refractivity contribution in [3.05, 3.63) is 47.5 Å². The number of aromatic nitrogens is 2. The molecular formula is C13H13F2N3O. The van der Waals surface area contributed by atoms with Crippen molar-refractivity contribution < 1.29 is 13.6 Å². The number of nitrogen functional groups attached to an aromatic ring is 1. The summed E-state index contributed by atoms with van der Waals surface area (Å²) < 4.78 is 29.0. The number of imidazole rings is 1. The molecule has 100 valence electrons. The molecule has 2 aromatic rings. The van der Waals surface area contributed by atoms with Crippen LogP contribution in [0.5, 0.6) is 0 Å². The zero-order chi connectivity index (χ0) is 14.0. The summed E-state index contributed by atoms with van der Waals surface area (Å²) in [7, 11) is 0. The molecule has 0 aliphatic carbocycles. The minimum atomic E-state index is -1.05. The first kappa shape index (κ1) is 13.2. The maximum absolute atomic E-state index is 13.8. The van der Waals surface area contributed by atoms with Crippen molar-refractivity contribution >= 4 is 11.5 Å². The van der Waals surface area contributed by atoms with Gasteiger partial charge in [0.15, 0.2) is 11.6 Å². The fraction of sp³-hybridized carbons (Fsp3) is 0.231. The number of carbonyl (C=O) groups excluding carboxylic acids is 1. The van der Waals surface area contributed by atoms with E-state index < -0.39 is 23.0 Å². The Kier molecular flexibility index (Phi) is 3.59. The molecule has 6 heteroatoms. The van der Waals surface area contributed by atoms with E-state index in [-0.39, 0.29) is 11.5 Å². The Balaban J connectivity index is 2.50. The summed E-state index contributed by atoms with van der Waals surface area (Å²) in [6.07, 6.45) is 3.79. The lowest BCUT2D eigenvalue weighted by molar-refractivity contribution is 0.101. The van der Waals surface area contributed by atoms with E-state index in [9.17, 15) is 13.6 Å². The predicted molar refractivity (Wildman–Crippen MR) is 66.7 cm³/mol. The van der Waals surface area contributed by atoms with E-state index in [2.05, 4.69) is 4.98 Å². The van der Waals surface area contributed by atoms with E-state index in [0.717, 1.165) is 18.6 Å². The standard InChI is InChI=1S/C13H13F2N3O/c1-2-6-18-7-5-17-13(18)12(19)10-8(14)3-4-9(16)11(10)15/h3-5,7H,2,6,16H2,1H3. The van der Waals surface area contributed by atoms with Gasteiger partial charge in [0.05, 0.1) is 11.3 Å². The maximum Gasteiger partial charge on any atom is 0.234 e. The van der Waals surface area contributed by atoms with Gasteiger partial charge in [0, 0.05) is 18.9 Å². The molecule has 0 unspecified atom stereocenters. The van der Waals surface area contributed by atoms with Crippen LogP contribution < -0.4 is 5.73 Å². The number of halogens is 2. The SMILES string of the molecule is CCCn1ccnc1C(=O)c1c(F)ccc(N)c1F. The number of benzene rings is 1. The average molecular weight is 265 g/mol. The number of aryl methyl sites for hydroxylation is 1. The van der Waals surface area contributed by atoms with Gasteiger partial charge in [-0.1, -0.05) is 6.92 Å². The van der Waals surface area contributed by atoms with Crippen molar-refractivity contribution in [1.82, 2.24) is 9.55 Å². The second kappa shape index (κ2) is 5.17.